The van der Waals surface area contributed by atoms with Crippen LogP contribution in [0, 0.1) is 0 Å². The Kier molecular flexibility index (Phi) is 4.24. The topological polar surface area (TPSA) is 65.0 Å². The Hall–Kier alpha value is -1.43. The Morgan fingerprint density at radius 3 is 2.38 bits per heavy atom. The molecule has 0 atom stereocenters. The van der Waals surface area contributed by atoms with Crippen LogP contribution in [0.2, 0.25) is 0 Å². The molecule has 1 aromatic carbocycles. The molecule has 0 bridgehead atoms. The van der Waals surface area contributed by atoms with E-state index in [2.05, 4.69) is 0 Å². The summed E-state index contributed by atoms with van der Waals surface area (Å²) in [6, 6.07) is 6.82. The number of carboxylic acid groups (broad SMARTS) is 1. The zero-order valence-electron chi connectivity index (χ0n) is 11.9. The zero-order valence-corrected chi connectivity index (χ0v) is 11.9. The maximum Gasteiger partial charge on any atom is 0.335 e. The van der Waals surface area contributed by atoms with Crippen molar-refractivity contribution in [3.8, 4) is 0 Å². The molecule has 1 aliphatic carbocycles. The van der Waals surface area contributed by atoms with Crippen LogP contribution in [0.3, 0.4) is 0 Å². The highest BCUT2D eigenvalue weighted by molar-refractivity contribution is 5.87. The van der Waals surface area contributed by atoms with Gasteiger partial charge in [-0.25, -0.2) is 4.79 Å². The number of rotatable bonds is 4. The van der Waals surface area contributed by atoms with E-state index in [1.54, 1.807) is 24.3 Å². The molecule has 1 saturated heterocycles. The van der Waals surface area contributed by atoms with Crippen LogP contribution in [0.15, 0.2) is 24.3 Å². The van der Waals surface area contributed by atoms with Gasteiger partial charge in [0.1, 0.15) is 0 Å². The Bertz CT molecular complexity index is 480. The van der Waals surface area contributed by atoms with Crippen LogP contribution in [0.4, 0.5) is 0 Å². The molecule has 1 aromatic rings. The summed E-state index contributed by atoms with van der Waals surface area (Å²) in [5.74, 6) is -1.25. The van der Waals surface area contributed by atoms with E-state index in [0.29, 0.717) is 25.4 Å². The van der Waals surface area contributed by atoms with Crippen LogP contribution >= 0.6 is 0 Å². The number of aromatic carboxylic acids is 1. The van der Waals surface area contributed by atoms with Crippen LogP contribution in [0.25, 0.3) is 0 Å². The van der Waals surface area contributed by atoms with Gasteiger partial charge in [0.25, 0.3) is 0 Å². The average Bonchev–Trinajstić information content (AvgIpc) is 2.95. The van der Waals surface area contributed by atoms with Crippen molar-refractivity contribution < 1.29 is 24.1 Å². The van der Waals surface area contributed by atoms with E-state index in [0.717, 1.165) is 31.2 Å². The number of benzene rings is 1. The summed E-state index contributed by atoms with van der Waals surface area (Å²) in [5, 5.41) is 8.86. The van der Waals surface area contributed by atoms with Crippen molar-refractivity contribution in [3.63, 3.8) is 0 Å². The highest BCUT2D eigenvalue weighted by Crippen LogP contribution is 2.36. The number of ether oxygens (including phenoxy) is 3. The highest BCUT2D eigenvalue weighted by Gasteiger charge is 2.40. The first-order valence-corrected chi connectivity index (χ1v) is 7.39. The number of carboxylic acids is 1. The number of hydrogen-bond acceptors (Lipinski definition) is 4. The van der Waals surface area contributed by atoms with Crippen LogP contribution in [0.1, 0.15) is 41.6 Å². The summed E-state index contributed by atoms with van der Waals surface area (Å²) >= 11 is 0. The first kappa shape index (κ1) is 14.5. The molecule has 1 heterocycles. The quantitative estimate of drug-likeness (QED) is 0.924. The van der Waals surface area contributed by atoms with Gasteiger partial charge in [-0.3, -0.25) is 0 Å². The molecule has 0 radical (unpaired) electrons. The minimum atomic E-state index is -0.906. The molecule has 0 unspecified atom stereocenters. The van der Waals surface area contributed by atoms with Crippen molar-refractivity contribution >= 4 is 5.97 Å². The van der Waals surface area contributed by atoms with E-state index in [-0.39, 0.29) is 11.9 Å². The lowest BCUT2D eigenvalue weighted by Crippen LogP contribution is -2.37. The third-order valence-electron chi connectivity index (χ3n) is 4.19. The predicted molar refractivity (Wildman–Crippen MR) is 75.1 cm³/mol. The van der Waals surface area contributed by atoms with Crippen molar-refractivity contribution in [1.29, 1.82) is 0 Å². The smallest absolute Gasteiger partial charge is 0.335 e. The van der Waals surface area contributed by atoms with Gasteiger partial charge in [0, 0.05) is 12.8 Å². The molecule has 0 amide bonds. The first-order valence-electron chi connectivity index (χ1n) is 7.39. The third kappa shape index (κ3) is 3.43. The van der Waals surface area contributed by atoms with E-state index < -0.39 is 5.97 Å². The van der Waals surface area contributed by atoms with Gasteiger partial charge in [0.05, 0.1) is 31.5 Å². The van der Waals surface area contributed by atoms with Gasteiger partial charge in [-0.2, -0.15) is 0 Å². The van der Waals surface area contributed by atoms with E-state index >= 15 is 0 Å². The Balaban J connectivity index is 1.46. The van der Waals surface area contributed by atoms with Crippen molar-refractivity contribution in [2.24, 2.45) is 0 Å². The second-order valence-corrected chi connectivity index (χ2v) is 5.62. The Labute approximate surface area is 123 Å². The van der Waals surface area contributed by atoms with E-state index in [1.807, 2.05) is 0 Å². The standard InChI is InChI=1S/C16H20O5/c17-15(18)13-3-1-12(2-4-13)11-19-14-5-7-16(8-6-14)20-9-10-21-16/h1-4,14H,5-11H2,(H,17,18). The normalized spacial score (nSPS) is 21.7. The van der Waals surface area contributed by atoms with Crippen molar-refractivity contribution in [3.05, 3.63) is 35.4 Å². The molecular weight excluding hydrogens is 272 g/mol. The second kappa shape index (κ2) is 6.13. The molecule has 3 rings (SSSR count). The molecule has 1 spiro atoms. The molecule has 21 heavy (non-hydrogen) atoms. The molecular formula is C16H20O5. The van der Waals surface area contributed by atoms with E-state index in [9.17, 15) is 4.79 Å². The minimum absolute atomic E-state index is 0.225. The largest absolute Gasteiger partial charge is 0.478 e. The maximum absolute atomic E-state index is 10.8. The third-order valence-corrected chi connectivity index (χ3v) is 4.19. The van der Waals surface area contributed by atoms with Gasteiger partial charge in [-0.1, -0.05) is 12.1 Å². The van der Waals surface area contributed by atoms with Gasteiger partial charge in [-0.15, -0.1) is 0 Å². The lowest BCUT2D eigenvalue weighted by Gasteiger charge is -2.35. The summed E-state index contributed by atoms with van der Waals surface area (Å²) in [6.07, 6.45) is 3.87. The molecule has 0 aromatic heterocycles. The van der Waals surface area contributed by atoms with Crippen molar-refractivity contribution in [2.45, 2.75) is 44.2 Å². The molecule has 5 nitrogen and oxygen atoms in total. The molecule has 1 saturated carbocycles. The summed E-state index contributed by atoms with van der Waals surface area (Å²) in [6.45, 7) is 1.90. The molecule has 5 heteroatoms. The summed E-state index contributed by atoms with van der Waals surface area (Å²) in [7, 11) is 0. The molecule has 1 N–H and O–H groups in total. The molecule has 1 aliphatic heterocycles. The fraction of sp³-hybridized carbons (Fsp3) is 0.562. The Morgan fingerprint density at radius 1 is 1.19 bits per heavy atom. The van der Waals surface area contributed by atoms with Crippen molar-refractivity contribution in [1.82, 2.24) is 0 Å². The summed E-state index contributed by atoms with van der Waals surface area (Å²) < 4.78 is 17.3. The highest BCUT2D eigenvalue weighted by atomic mass is 16.7. The molecule has 2 aliphatic rings. The lowest BCUT2D eigenvalue weighted by molar-refractivity contribution is -0.192. The predicted octanol–water partition coefficient (Wildman–Crippen LogP) is 2.59. The van der Waals surface area contributed by atoms with Crippen LogP contribution in [-0.2, 0) is 20.8 Å². The second-order valence-electron chi connectivity index (χ2n) is 5.62. The fourth-order valence-corrected chi connectivity index (χ4v) is 2.94. The number of hydrogen-bond donors (Lipinski definition) is 1. The fourth-order valence-electron chi connectivity index (χ4n) is 2.94. The minimum Gasteiger partial charge on any atom is -0.478 e. The molecule has 2 fully saturated rings. The van der Waals surface area contributed by atoms with Gasteiger partial charge < -0.3 is 19.3 Å². The SMILES string of the molecule is O=C(O)c1ccc(COC2CCC3(CC2)OCCO3)cc1. The van der Waals surface area contributed by atoms with Gasteiger partial charge in [0.15, 0.2) is 5.79 Å². The van der Waals surface area contributed by atoms with E-state index in [4.69, 9.17) is 19.3 Å². The first-order chi connectivity index (χ1) is 10.2. The van der Waals surface area contributed by atoms with Gasteiger partial charge >= 0.3 is 5.97 Å². The lowest BCUT2D eigenvalue weighted by atomic mass is 9.92. The zero-order chi connectivity index (χ0) is 14.7. The van der Waals surface area contributed by atoms with Crippen LogP contribution < -0.4 is 0 Å². The van der Waals surface area contributed by atoms with Gasteiger partial charge in [-0.05, 0) is 30.5 Å². The monoisotopic (exact) mass is 292 g/mol. The van der Waals surface area contributed by atoms with E-state index in [1.165, 1.54) is 0 Å². The summed E-state index contributed by atoms with van der Waals surface area (Å²) in [5.41, 5.74) is 1.29. The summed E-state index contributed by atoms with van der Waals surface area (Å²) in [4.78, 5) is 10.8. The molecule has 114 valence electrons. The van der Waals surface area contributed by atoms with Crippen LogP contribution in [0.5, 0.6) is 0 Å². The number of carbonyl (C=O) groups is 1. The van der Waals surface area contributed by atoms with Crippen molar-refractivity contribution in [2.75, 3.05) is 13.2 Å². The Morgan fingerprint density at radius 2 is 1.81 bits per heavy atom. The maximum atomic E-state index is 10.8. The van der Waals surface area contributed by atoms with Crippen LogP contribution in [-0.4, -0.2) is 36.2 Å². The van der Waals surface area contributed by atoms with Gasteiger partial charge in [0.2, 0.25) is 0 Å². The average molecular weight is 292 g/mol.